The van der Waals surface area contributed by atoms with E-state index in [2.05, 4.69) is 15.3 Å². The number of rotatable bonds is 8. The van der Waals surface area contributed by atoms with Crippen molar-refractivity contribution in [3.63, 3.8) is 0 Å². The number of para-hydroxylation sites is 1. The number of fused-ring (bicyclic) bond motifs is 1. The molecule has 7 heteroatoms. The zero-order valence-electron chi connectivity index (χ0n) is 16.7. The molecular weight excluding hydrogens is 380 g/mol. The minimum Gasteiger partial charge on any atom is -0.455 e. The van der Waals surface area contributed by atoms with Crippen LogP contribution in [0.2, 0.25) is 0 Å². The fourth-order valence-electron chi connectivity index (χ4n) is 3.74. The molecule has 2 atom stereocenters. The van der Waals surface area contributed by atoms with Crippen molar-refractivity contribution in [3.8, 4) is 0 Å². The first kappa shape index (κ1) is 19.8. The summed E-state index contributed by atoms with van der Waals surface area (Å²) in [6.07, 6.45) is 2.89. The standard InChI is InChI=1S/C23H24N4O3/c1-16(19-13-25-20-10-6-5-9-18(19)20)27(23-22(29)26-15-30-23)14-21(28)24-12-11-17-7-3-2-4-8-17/h2-10,13,15-16,23,25H,11-12,14H2,1H3,(H,24,28)/t16-,23+/m1/s1. The maximum Gasteiger partial charge on any atom is 0.305 e. The Labute approximate surface area is 174 Å². The summed E-state index contributed by atoms with van der Waals surface area (Å²) in [6, 6.07) is 17.7. The van der Waals surface area contributed by atoms with Crippen molar-refractivity contribution in [3.05, 3.63) is 71.9 Å². The Hall–Kier alpha value is -3.45. The second-order valence-electron chi connectivity index (χ2n) is 7.28. The summed E-state index contributed by atoms with van der Waals surface area (Å²) in [5.41, 5.74) is 3.15. The van der Waals surface area contributed by atoms with E-state index in [1.165, 1.54) is 0 Å². The molecule has 3 aromatic rings. The Morgan fingerprint density at radius 3 is 2.73 bits per heavy atom. The van der Waals surface area contributed by atoms with Crippen LogP contribution in [0, 0.1) is 0 Å². The second kappa shape index (κ2) is 8.92. The fourth-order valence-corrected chi connectivity index (χ4v) is 3.74. The van der Waals surface area contributed by atoms with Gasteiger partial charge in [-0.25, -0.2) is 4.90 Å². The number of carbonyl (C=O) groups is 2. The predicted molar refractivity (Wildman–Crippen MR) is 115 cm³/mol. The van der Waals surface area contributed by atoms with Crippen LogP contribution in [-0.4, -0.2) is 47.4 Å². The zero-order valence-corrected chi connectivity index (χ0v) is 16.7. The molecule has 2 aromatic carbocycles. The molecule has 2 amide bonds. The van der Waals surface area contributed by atoms with Crippen molar-refractivity contribution in [2.75, 3.05) is 13.1 Å². The molecule has 154 valence electrons. The van der Waals surface area contributed by atoms with Crippen molar-refractivity contribution < 1.29 is 14.3 Å². The molecule has 0 bridgehead atoms. The number of benzene rings is 2. The van der Waals surface area contributed by atoms with Gasteiger partial charge in [-0.2, -0.15) is 4.99 Å². The van der Waals surface area contributed by atoms with Crippen LogP contribution in [0.15, 0.2) is 65.8 Å². The summed E-state index contributed by atoms with van der Waals surface area (Å²) in [6.45, 7) is 2.51. The average molecular weight is 404 g/mol. The molecule has 0 spiro atoms. The molecule has 2 N–H and O–H groups in total. The van der Waals surface area contributed by atoms with E-state index < -0.39 is 12.1 Å². The summed E-state index contributed by atoms with van der Waals surface area (Å²) in [7, 11) is 0. The van der Waals surface area contributed by atoms with E-state index in [1.54, 1.807) is 4.90 Å². The number of hydrogen-bond donors (Lipinski definition) is 2. The Morgan fingerprint density at radius 1 is 1.20 bits per heavy atom. The normalized spacial score (nSPS) is 16.7. The number of ether oxygens (including phenoxy) is 1. The van der Waals surface area contributed by atoms with Gasteiger partial charge in [-0.05, 0) is 30.5 Å². The van der Waals surface area contributed by atoms with Crippen molar-refractivity contribution >= 4 is 29.1 Å². The van der Waals surface area contributed by atoms with Crippen LogP contribution in [0.3, 0.4) is 0 Å². The number of carbonyl (C=O) groups excluding carboxylic acids is 2. The number of aromatic nitrogens is 1. The lowest BCUT2D eigenvalue weighted by Gasteiger charge is -2.31. The third-order valence-electron chi connectivity index (χ3n) is 5.36. The van der Waals surface area contributed by atoms with Gasteiger partial charge in [-0.3, -0.25) is 9.59 Å². The topological polar surface area (TPSA) is 86.8 Å². The van der Waals surface area contributed by atoms with E-state index in [0.717, 1.165) is 34.9 Å². The minimum absolute atomic E-state index is 0.0230. The summed E-state index contributed by atoms with van der Waals surface area (Å²) in [5.74, 6) is -0.570. The van der Waals surface area contributed by atoms with E-state index in [-0.39, 0.29) is 18.5 Å². The molecule has 30 heavy (non-hydrogen) atoms. The first-order chi connectivity index (χ1) is 14.6. The molecule has 0 fully saturated rings. The number of H-pyrrole nitrogens is 1. The van der Waals surface area contributed by atoms with Gasteiger partial charge in [0, 0.05) is 29.7 Å². The Morgan fingerprint density at radius 2 is 1.97 bits per heavy atom. The summed E-state index contributed by atoms with van der Waals surface area (Å²) in [4.78, 5) is 33.6. The van der Waals surface area contributed by atoms with E-state index >= 15 is 0 Å². The SMILES string of the molecule is C[C@H](c1c[nH]c2ccccc12)N(CC(=O)NCCc1ccccc1)[C@H]1OC=NC1=O. The Balaban J connectivity index is 1.47. The van der Waals surface area contributed by atoms with Crippen LogP contribution >= 0.6 is 0 Å². The number of aromatic amines is 1. The van der Waals surface area contributed by atoms with Gasteiger partial charge in [0.2, 0.25) is 12.1 Å². The lowest BCUT2D eigenvalue weighted by molar-refractivity contribution is -0.136. The molecule has 0 saturated carbocycles. The maximum atomic E-state index is 12.7. The maximum absolute atomic E-state index is 12.7. The van der Waals surface area contributed by atoms with Gasteiger partial charge in [0.25, 0.3) is 0 Å². The van der Waals surface area contributed by atoms with Crippen LogP contribution < -0.4 is 5.32 Å². The lowest BCUT2D eigenvalue weighted by Crippen LogP contribution is -2.47. The number of nitrogens with one attached hydrogen (secondary N) is 2. The number of aliphatic imine (C=N–C) groups is 1. The van der Waals surface area contributed by atoms with E-state index in [0.29, 0.717) is 6.54 Å². The fraction of sp³-hybridized carbons (Fsp3) is 0.261. The lowest BCUT2D eigenvalue weighted by atomic mass is 10.1. The highest BCUT2D eigenvalue weighted by Gasteiger charge is 2.36. The van der Waals surface area contributed by atoms with Crippen LogP contribution in [0.25, 0.3) is 10.9 Å². The first-order valence-corrected chi connectivity index (χ1v) is 9.97. The van der Waals surface area contributed by atoms with Gasteiger partial charge in [-0.1, -0.05) is 48.5 Å². The number of nitrogens with zero attached hydrogens (tertiary/aromatic N) is 2. The van der Waals surface area contributed by atoms with Crippen molar-refractivity contribution in [2.45, 2.75) is 25.6 Å². The quantitative estimate of drug-likeness (QED) is 0.604. The first-order valence-electron chi connectivity index (χ1n) is 9.97. The molecule has 0 aliphatic carbocycles. The highest BCUT2D eigenvalue weighted by molar-refractivity contribution is 5.92. The number of hydrogen-bond acceptors (Lipinski definition) is 4. The van der Waals surface area contributed by atoms with Crippen molar-refractivity contribution in [2.24, 2.45) is 4.99 Å². The van der Waals surface area contributed by atoms with E-state index in [1.807, 2.05) is 67.7 Å². The molecule has 2 heterocycles. The summed E-state index contributed by atoms with van der Waals surface area (Å²) >= 11 is 0. The van der Waals surface area contributed by atoms with Crippen molar-refractivity contribution in [1.82, 2.24) is 15.2 Å². The summed E-state index contributed by atoms with van der Waals surface area (Å²) < 4.78 is 5.43. The monoisotopic (exact) mass is 404 g/mol. The third kappa shape index (κ3) is 4.26. The molecule has 0 unspecified atom stereocenters. The van der Waals surface area contributed by atoms with Gasteiger partial charge in [0.15, 0.2) is 6.40 Å². The average Bonchev–Trinajstić information content (AvgIpc) is 3.38. The zero-order chi connectivity index (χ0) is 20.9. The predicted octanol–water partition coefficient (Wildman–Crippen LogP) is 2.80. The summed E-state index contributed by atoms with van der Waals surface area (Å²) in [5, 5.41) is 3.99. The third-order valence-corrected chi connectivity index (χ3v) is 5.36. The largest absolute Gasteiger partial charge is 0.455 e. The molecule has 7 nitrogen and oxygen atoms in total. The van der Waals surface area contributed by atoms with Crippen molar-refractivity contribution in [1.29, 1.82) is 0 Å². The molecule has 1 aromatic heterocycles. The van der Waals surface area contributed by atoms with E-state index in [4.69, 9.17) is 4.74 Å². The van der Waals surface area contributed by atoms with Crippen LogP contribution in [0.5, 0.6) is 0 Å². The Kier molecular flexibility index (Phi) is 5.90. The van der Waals surface area contributed by atoms with Gasteiger partial charge < -0.3 is 15.0 Å². The Bertz CT molecular complexity index is 1060. The number of amides is 2. The second-order valence-corrected chi connectivity index (χ2v) is 7.28. The highest BCUT2D eigenvalue weighted by Crippen LogP contribution is 2.30. The highest BCUT2D eigenvalue weighted by atomic mass is 16.5. The molecule has 4 rings (SSSR count). The van der Waals surface area contributed by atoms with Gasteiger partial charge >= 0.3 is 5.91 Å². The molecular formula is C23H24N4O3. The molecule has 1 aliphatic rings. The van der Waals surface area contributed by atoms with Crippen LogP contribution in [0.4, 0.5) is 0 Å². The van der Waals surface area contributed by atoms with Crippen LogP contribution in [0.1, 0.15) is 24.1 Å². The smallest absolute Gasteiger partial charge is 0.305 e. The molecule has 0 saturated heterocycles. The van der Waals surface area contributed by atoms with Gasteiger partial charge in [-0.15, -0.1) is 0 Å². The molecule has 1 aliphatic heterocycles. The molecule has 0 radical (unpaired) electrons. The van der Waals surface area contributed by atoms with Gasteiger partial charge in [0.05, 0.1) is 6.54 Å². The van der Waals surface area contributed by atoms with E-state index in [9.17, 15) is 9.59 Å². The minimum atomic E-state index is -0.909. The van der Waals surface area contributed by atoms with Crippen LogP contribution in [-0.2, 0) is 20.7 Å². The van der Waals surface area contributed by atoms with Gasteiger partial charge in [0.1, 0.15) is 0 Å².